The first-order chi connectivity index (χ1) is 10.7. The Kier molecular flexibility index (Phi) is 4.25. The van der Waals surface area contributed by atoms with Crippen LogP contribution >= 0.6 is 11.6 Å². The Morgan fingerprint density at radius 3 is 2.45 bits per heavy atom. The highest BCUT2D eigenvalue weighted by Gasteiger charge is 2.08. The van der Waals surface area contributed by atoms with E-state index < -0.39 is 0 Å². The second-order valence-electron chi connectivity index (χ2n) is 4.59. The van der Waals surface area contributed by atoms with Gasteiger partial charge in [0.05, 0.1) is 13.7 Å². The summed E-state index contributed by atoms with van der Waals surface area (Å²) in [5.41, 5.74) is 1.79. The summed E-state index contributed by atoms with van der Waals surface area (Å²) < 4.78 is 10.8. The summed E-state index contributed by atoms with van der Waals surface area (Å²) in [4.78, 5) is 0. The molecule has 22 heavy (non-hydrogen) atoms. The number of halogens is 1. The van der Waals surface area contributed by atoms with E-state index in [-0.39, 0.29) is 0 Å². The van der Waals surface area contributed by atoms with Crippen LogP contribution in [-0.2, 0) is 6.54 Å². The van der Waals surface area contributed by atoms with Gasteiger partial charge in [-0.25, -0.2) is 0 Å². The topological polar surface area (TPSA) is 60.2 Å². The van der Waals surface area contributed by atoms with E-state index >= 15 is 0 Å². The molecule has 0 amide bonds. The second-order valence-corrected chi connectivity index (χ2v) is 5.03. The minimum Gasteiger partial charge on any atom is -0.497 e. The van der Waals surface area contributed by atoms with E-state index in [1.54, 1.807) is 7.11 Å². The van der Waals surface area contributed by atoms with Crippen LogP contribution in [0.2, 0.25) is 5.02 Å². The van der Waals surface area contributed by atoms with Gasteiger partial charge >= 0.3 is 0 Å². The monoisotopic (exact) mass is 315 g/mol. The van der Waals surface area contributed by atoms with Crippen LogP contribution in [0.1, 0.15) is 5.89 Å². The molecule has 0 aliphatic rings. The van der Waals surface area contributed by atoms with E-state index in [1.807, 2.05) is 48.5 Å². The molecule has 5 nitrogen and oxygen atoms in total. The van der Waals surface area contributed by atoms with Gasteiger partial charge in [0.1, 0.15) is 5.75 Å². The molecule has 0 radical (unpaired) electrons. The van der Waals surface area contributed by atoms with Crippen LogP contribution in [0.5, 0.6) is 5.75 Å². The van der Waals surface area contributed by atoms with E-state index in [0.29, 0.717) is 23.3 Å². The Balaban J connectivity index is 1.66. The van der Waals surface area contributed by atoms with Crippen molar-refractivity contribution in [2.24, 2.45) is 0 Å². The molecule has 0 aliphatic carbocycles. The molecule has 3 rings (SSSR count). The zero-order chi connectivity index (χ0) is 15.4. The number of benzene rings is 2. The number of methoxy groups -OCH3 is 1. The maximum Gasteiger partial charge on any atom is 0.247 e. The average molecular weight is 316 g/mol. The van der Waals surface area contributed by atoms with E-state index in [9.17, 15) is 0 Å². The molecule has 1 heterocycles. The van der Waals surface area contributed by atoms with Gasteiger partial charge in [-0.15, -0.1) is 10.2 Å². The molecular formula is C16H14ClN3O2. The lowest BCUT2D eigenvalue weighted by Crippen LogP contribution is -1.99. The minimum atomic E-state index is 0.449. The maximum absolute atomic E-state index is 5.84. The first kappa shape index (κ1) is 14.4. The Morgan fingerprint density at radius 1 is 1.05 bits per heavy atom. The first-order valence-electron chi connectivity index (χ1n) is 6.71. The molecular weight excluding hydrogens is 302 g/mol. The smallest absolute Gasteiger partial charge is 0.247 e. The predicted molar refractivity (Wildman–Crippen MR) is 85.1 cm³/mol. The number of hydrogen-bond acceptors (Lipinski definition) is 5. The van der Waals surface area contributed by atoms with Gasteiger partial charge in [0.15, 0.2) is 0 Å². The zero-order valence-electron chi connectivity index (χ0n) is 11.9. The predicted octanol–water partition coefficient (Wildman–Crippen LogP) is 4.01. The average Bonchev–Trinajstić information content (AvgIpc) is 3.03. The van der Waals surface area contributed by atoms with Crippen LogP contribution < -0.4 is 10.1 Å². The maximum atomic E-state index is 5.84. The summed E-state index contributed by atoms with van der Waals surface area (Å²) >= 11 is 5.84. The minimum absolute atomic E-state index is 0.449. The van der Waals surface area contributed by atoms with Crippen molar-refractivity contribution in [2.45, 2.75) is 6.54 Å². The molecule has 6 heteroatoms. The highest BCUT2D eigenvalue weighted by atomic mass is 35.5. The molecule has 0 fully saturated rings. The van der Waals surface area contributed by atoms with E-state index in [0.717, 1.165) is 17.0 Å². The fraction of sp³-hybridized carbons (Fsp3) is 0.125. The van der Waals surface area contributed by atoms with Crippen LogP contribution in [0.4, 0.5) is 5.69 Å². The summed E-state index contributed by atoms with van der Waals surface area (Å²) in [5.74, 6) is 1.78. The molecule has 0 spiro atoms. The molecule has 1 aromatic heterocycles. The van der Waals surface area contributed by atoms with Gasteiger partial charge in [0.2, 0.25) is 11.8 Å². The summed E-state index contributed by atoms with van der Waals surface area (Å²) in [6.07, 6.45) is 0. The van der Waals surface area contributed by atoms with Gasteiger partial charge in [-0.1, -0.05) is 11.6 Å². The van der Waals surface area contributed by atoms with Gasteiger partial charge in [0.25, 0.3) is 0 Å². The fourth-order valence-corrected chi connectivity index (χ4v) is 2.05. The van der Waals surface area contributed by atoms with Crippen molar-refractivity contribution < 1.29 is 9.15 Å². The van der Waals surface area contributed by atoms with Crippen molar-refractivity contribution in [1.82, 2.24) is 10.2 Å². The van der Waals surface area contributed by atoms with Gasteiger partial charge in [-0.05, 0) is 48.5 Å². The Morgan fingerprint density at radius 2 is 1.77 bits per heavy atom. The summed E-state index contributed by atoms with van der Waals surface area (Å²) in [7, 11) is 1.63. The lowest BCUT2D eigenvalue weighted by Gasteiger charge is -2.02. The molecule has 0 unspecified atom stereocenters. The number of rotatable bonds is 5. The third kappa shape index (κ3) is 3.38. The van der Waals surface area contributed by atoms with E-state index in [2.05, 4.69) is 15.5 Å². The standard InChI is InChI=1S/C16H14ClN3O2/c1-21-14-8-2-11(3-9-14)16-20-19-15(22-16)10-18-13-6-4-12(17)5-7-13/h2-9,18H,10H2,1H3. The molecule has 0 bridgehead atoms. The number of nitrogens with zero attached hydrogens (tertiary/aromatic N) is 2. The van der Waals surface area contributed by atoms with Crippen molar-refractivity contribution >= 4 is 17.3 Å². The zero-order valence-corrected chi connectivity index (χ0v) is 12.7. The molecule has 112 valence electrons. The van der Waals surface area contributed by atoms with Gasteiger partial charge in [-0.2, -0.15) is 0 Å². The molecule has 0 saturated carbocycles. The first-order valence-corrected chi connectivity index (χ1v) is 7.08. The largest absolute Gasteiger partial charge is 0.497 e. The summed E-state index contributed by atoms with van der Waals surface area (Å²) in [5, 5.41) is 12.0. The number of nitrogens with one attached hydrogen (secondary N) is 1. The summed E-state index contributed by atoms with van der Waals surface area (Å²) in [6.45, 7) is 0.449. The van der Waals surface area contributed by atoms with Gasteiger partial charge in [-0.3, -0.25) is 0 Å². The SMILES string of the molecule is COc1ccc(-c2nnc(CNc3ccc(Cl)cc3)o2)cc1. The molecule has 0 saturated heterocycles. The van der Waals surface area contributed by atoms with Crippen molar-refractivity contribution in [1.29, 1.82) is 0 Å². The molecule has 0 atom stereocenters. The number of ether oxygens (including phenoxy) is 1. The Bertz CT molecular complexity index is 739. The van der Waals surface area contributed by atoms with Gasteiger partial charge in [0, 0.05) is 16.3 Å². The lowest BCUT2D eigenvalue weighted by atomic mass is 10.2. The fourth-order valence-electron chi connectivity index (χ4n) is 1.92. The van der Waals surface area contributed by atoms with Crippen LogP contribution in [0.25, 0.3) is 11.5 Å². The second kappa shape index (κ2) is 6.49. The normalized spacial score (nSPS) is 10.5. The van der Waals surface area contributed by atoms with E-state index in [1.165, 1.54) is 0 Å². The van der Waals surface area contributed by atoms with Crippen LogP contribution in [0.3, 0.4) is 0 Å². The van der Waals surface area contributed by atoms with Crippen molar-refractivity contribution in [3.8, 4) is 17.2 Å². The van der Waals surface area contributed by atoms with E-state index in [4.69, 9.17) is 20.8 Å². The summed E-state index contributed by atoms with van der Waals surface area (Å²) in [6, 6.07) is 14.9. The van der Waals surface area contributed by atoms with Crippen molar-refractivity contribution in [3.05, 3.63) is 59.4 Å². The third-order valence-corrected chi connectivity index (χ3v) is 3.34. The van der Waals surface area contributed by atoms with Crippen LogP contribution in [0, 0.1) is 0 Å². The van der Waals surface area contributed by atoms with Crippen molar-refractivity contribution in [3.63, 3.8) is 0 Å². The Labute approximate surface area is 132 Å². The molecule has 0 aliphatic heterocycles. The van der Waals surface area contributed by atoms with Crippen LogP contribution in [-0.4, -0.2) is 17.3 Å². The number of aromatic nitrogens is 2. The van der Waals surface area contributed by atoms with Crippen LogP contribution in [0.15, 0.2) is 52.9 Å². The third-order valence-electron chi connectivity index (χ3n) is 3.09. The quantitative estimate of drug-likeness (QED) is 0.770. The highest BCUT2D eigenvalue weighted by Crippen LogP contribution is 2.21. The molecule has 2 aromatic carbocycles. The molecule has 1 N–H and O–H groups in total. The highest BCUT2D eigenvalue weighted by molar-refractivity contribution is 6.30. The van der Waals surface area contributed by atoms with Crippen molar-refractivity contribution in [2.75, 3.05) is 12.4 Å². The van der Waals surface area contributed by atoms with Gasteiger partial charge < -0.3 is 14.5 Å². The lowest BCUT2D eigenvalue weighted by molar-refractivity contribution is 0.415. The Hall–Kier alpha value is -2.53. The number of anilines is 1. The molecule has 3 aromatic rings. The number of hydrogen-bond donors (Lipinski definition) is 1.